The van der Waals surface area contributed by atoms with Crippen LogP contribution in [0.1, 0.15) is 49.6 Å². The summed E-state index contributed by atoms with van der Waals surface area (Å²) in [6, 6.07) is 12.2. The normalized spacial score (nSPS) is 11.8. The Bertz CT molecular complexity index is 863. The maximum Gasteiger partial charge on any atom is 0.191 e. The van der Waals surface area contributed by atoms with E-state index in [1.54, 1.807) is 13.2 Å². The van der Waals surface area contributed by atoms with Crippen LogP contribution in [0.15, 0.2) is 58.3 Å². The number of benzene rings is 1. The fourth-order valence-electron chi connectivity index (χ4n) is 3.08. The molecule has 0 bridgehead atoms. The quantitative estimate of drug-likeness (QED) is 0.461. The molecule has 0 aliphatic rings. The average molecular weight is 380 g/mol. The summed E-state index contributed by atoms with van der Waals surface area (Å²) in [6.45, 7) is 5.57. The van der Waals surface area contributed by atoms with E-state index in [-0.39, 0.29) is 0 Å². The molecule has 2 heterocycles. The van der Waals surface area contributed by atoms with Crippen molar-refractivity contribution in [3.8, 4) is 5.69 Å². The van der Waals surface area contributed by atoms with Crippen molar-refractivity contribution < 1.29 is 4.52 Å². The molecule has 7 nitrogen and oxygen atoms in total. The minimum atomic E-state index is 0.458. The van der Waals surface area contributed by atoms with E-state index in [1.807, 2.05) is 35.1 Å². The van der Waals surface area contributed by atoms with Gasteiger partial charge >= 0.3 is 0 Å². The summed E-state index contributed by atoms with van der Waals surface area (Å²) in [4.78, 5) is 4.27. The van der Waals surface area contributed by atoms with Crippen molar-refractivity contribution in [2.75, 3.05) is 7.05 Å². The number of nitrogens with zero attached hydrogens (tertiary/aromatic N) is 4. The maximum atomic E-state index is 5.45. The van der Waals surface area contributed by atoms with Gasteiger partial charge in [0.1, 0.15) is 0 Å². The van der Waals surface area contributed by atoms with Gasteiger partial charge in [0, 0.05) is 38.0 Å². The van der Waals surface area contributed by atoms with Gasteiger partial charge in [-0.05, 0) is 36.6 Å². The lowest BCUT2D eigenvalue weighted by Crippen LogP contribution is -2.36. The van der Waals surface area contributed by atoms with Crippen molar-refractivity contribution in [3.63, 3.8) is 0 Å². The lowest BCUT2D eigenvalue weighted by atomic mass is 9.99. The van der Waals surface area contributed by atoms with Gasteiger partial charge in [-0.2, -0.15) is 5.10 Å². The molecule has 0 saturated carbocycles. The van der Waals surface area contributed by atoms with Gasteiger partial charge in [0.25, 0.3) is 0 Å². The maximum absolute atomic E-state index is 5.45. The molecular formula is C21H28N6O. The van der Waals surface area contributed by atoms with Crippen LogP contribution in [0.4, 0.5) is 0 Å². The first-order chi connectivity index (χ1) is 13.7. The molecular weight excluding hydrogens is 352 g/mol. The largest absolute Gasteiger partial charge is 0.359 e. The van der Waals surface area contributed by atoms with Crippen molar-refractivity contribution in [2.45, 2.75) is 45.7 Å². The summed E-state index contributed by atoms with van der Waals surface area (Å²) in [6.07, 6.45) is 5.83. The molecule has 0 saturated heterocycles. The number of aliphatic imine (C=N–C) groups is 1. The van der Waals surface area contributed by atoms with Crippen molar-refractivity contribution in [1.29, 1.82) is 0 Å². The van der Waals surface area contributed by atoms with Crippen LogP contribution >= 0.6 is 0 Å². The van der Waals surface area contributed by atoms with Gasteiger partial charge in [0.15, 0.2) is 11.7 Å². The van der Waals surface area contributed by atoms with Crippen molar-refractivity contribution in [2.24, 2.45) is 4.99 Å². The molecule has 0 radical (unpaired) electrons. The minimum absolute atomic E-state index is 0.458. The van der Waals surface area contributed by atoms with E-state index >= 15 is 0 Å². The number of rotatable bonds is 8. The Morgan fingerprint density at radius 1 is 1.14 bits per heavy atom. The molecule has 3 rings (SSSR count). The monoisotopic (exact) mass is 380 g/mol. The molecule has 0 atom stereocenters. The van der Waals surface area contributed by atoms with Gasteiger partial charge in [-0.1, -0.05) is 31.1 Å². The second kappa shape index (κ2) is 9.73. The molecule has 0 amide bonds. The number of nitrogens with one attached hydrogen (secondary N) is 2. The van der Waals surface area contributed by atoms with E-state index < -0.39 is 0 Å². The lowest BCUT2D eigenvalue weighted by molar-refractivity contribution is 0.368. The van der Waals surface area contributed by atoms with Crippen LogP contribution in [0, 0.1) is 0 Å². The van der Waals surface area contributed by atoms with E-state index in [4.69, 9.17) is 4.52 Å². The Labute approximate surface area is 165 Å². The van der Waals surface area contributed by atoms with Crippen molar-refractivity contribution in [3.05, 3.63) is 65.8 Å². The van der Waals surface area contributed by atoms with Crippen molar-refractivity contribution >= 4 is 5.96 Å². The summed E-state index contributed by atoms with van der Waals surface area (Å²) in [5.41, 5.74) is 3.23. The van der Waals surface area contributed by atoms with Gasteiger partial charge in [0.2, 0.25) is 0 Å². The molecule has 148 valence electrons. The third-order valence-electron chi connectivity index (χ3n) is 4.80. The Morgan fingerprint density at radius 3 is 2.54 bits per heavy atom. The van der Waals surface area contributed by atoms with Crippen LogP contribution in [0.5, 0.6) is 0 Å². The van der Waals surface area contributed by atoms with Crippen LogP contribution in [0.2, 0.25) is 0 Å². The van der Waals surface area contributed by atoms with Crippen LogP contribution in [0.3, 0.4) is 0 Å². The Morgan fingerprint density at radius 2 is 1.89 bits per heavy atom. The SMILES string of the molecule is CCC(CC)c1cc(CNC(=NC)NCc2ccc(-n3cccn3)cc2)on1. The predicted octanol–water partition coefficient (Wildman–Crippen LogP) is 3.63. The highest BCUT2D eigenvalue weighted by atomic mass is 16.5. The number of hydrogen-bond donors (Lipinski definition) is 2. The summed E-state index contributed by atoms with van der Waals surface area (Å²) < 4.78 is 7.29. The Kier molecular flexibility index (Phi) is 6.84. The highest BCUT2D eigenvalue weighted by Gasteiger charge is 2.13. The van der Waals surface area contributed by atoms with Gasteiger partial charge in [-0.25, -0.2) is 4.68 Å². The van der Waals surface area contributed by atoms with Gasteiger partial charge < -0.3 is 15.2 Å². The van der Waals surface area contributed by atoms with E-state index in [1.165, 1.54) is 0 Å². The first kappa shape index (κ1) is 19.7. The second-order valence-electron chi connectivity index (χ2n) is 6.63. The summed E-state index contributed by atoms with van der Waals surface area (Å²) in [7, 11) is 1.76. The zero-order valence-corrected chi connectivity index (χ0v) is 16.7. The minimum Gasteiger partial charge on any atom is -0.359 e. The summed E-state index contributed by atoms with van der Waals surface area (Å²) >= 11 is 0. The van der Waals surface area contributed by atoms with E-state index in [0.717, 1.165) is 41.5 Å². The van der Waals surface area contributed by atoms with Crippen molar-refractivity contribution in [1.82, 2.24) is 25.6 Å². The predicted molar refractivity (Wildman–Crippen MR) is 110 cm³/mol. The molecule has 3 aromatic rings. The first-order valence-electron chi connectivity index (χ1n) is 9.72. The molecule has 0 aliphatic carbocycles. The Balaban J connectivity index is 1.50. The van der Waals surface area contributed by atoms with E-state index in [0.29, 0.717) is 19.0 Å². The van der Waals surface area contributed by atoms with Gasteiger partial charge in [0.05, 0.1) is 17.9 Å². The molecule has 2 aromatic heterocycles. The molecule has 28 heavy (non-hydrogen) atoms. The van der Waals surface area contributed by atoms with E-state index in [9.17, 15) is 0 Å². The van der Waals surface area contributed by atoms with Gasteiger partial charge in [-0.15, -0.1) is 0 Å². The molecule has 7 heteroatoms. The molecule has 0 aliphatic heterocycles. The second-order valence-corrected chi connectivity index (χ2v) is 6.63. The average Bonchev–Trinajstić information content (AvgIpc) is 3.42. The third-order valence-corrected chi connectivity index (χ3v) is 4.80. The van der Waals surface area contributed by atoms with Crippen LogP contribution in [-0.4, -0.2) is 27.9 Å². The summed E-state index contributed by atoms with van der Waals surface area (Å²) in [5.74, 6) is 1.99. The summed E-state index contributed by atoms with van der Waals surface area (Å²) in [5, 5.41) is 15.0. The number of aromatic nitrogens is 3. The highest BCUT2D eigenvalue weighted by Crippen LogP contribution is 2.22. The lowest BCUT2D eigenvalue weighted by Gasteiger charge is -2.11. The van der Waals surface area contributed by atoms with Crippen LogP contribution < -0.4 is 10.6 Å². The first-order valence-corrected chi connectivity index (χ1v) is 9.72. The number of guanidine groups is 1. The molecule has 2 N–H and O–H groups in total. The molecule has 0 spiro atoms. The standard InChI is InChI=1S/C21H28N6O/c1-4-17(5-2)20-13-19(28-26-20)15-24-21(22-3)23-14-16-7-9-18(10-8-16)27-12-6-11-25-27/h6-13,17H,4-5,14-15H2,1-3H3,(H2,22,23,24). The number of hydrogen-bond acceptors (Lipinski definition) is 4. The topological polar surface area (TPSA) is 80.3 Å². The Hall–Kier alpha value is -3.09. The van der Waals surface area contributed by atoms with Crippen LogP contribution in [0.25, 0.3) is 5.69 Å². The smallest absolute Gasteiger partial charge is 0.191 e. The zero-order valence-electron chi connectivity index (χ0n) is 16.7. The molecule has 0 fully saturated rings. The molecule has 0 unspecified atom stereocenters. The highest BCUT2D eigenvalue weighted by molar-refractivity contribution is 5.79. The molecule has 1 aromatic carbocycles. The fourth-order valence-corrected chi connectivity index (χ4v) is 3.08. The van der Waals surface area contributed by atoms with E-state index in [2.05, 4.69) is 51.9 Å². The van der Waals surface area contributed by atoms with Crippen LogP contribution in [-0.2, 0) is 13.1 Å². The zero-order chi connectivity index (χ0) is 19.8. The third kappa shape index (κ3) is 5.00. The fraction of sp³-hybridized carbons (Fsp3) is 0.381. The van der Waals surface area contributed by atoms with Gasteiger partial charge in [-0.3, -0.25) is 4.99 Å².